The van der Waals surface area contributed by atoms with Crippen LogP contribution in [0, 0.1) is 5.92 Å². The van der Waals surface area contributed by atoms with E-state index in [0.29, 0.717) is 12.8 Å². The lowest BCUT2D eigenvalue weighted by Crippen LogP contribution is -2.08. The Morgan fingerprint density at radius 2 is 2.00 bits per heavy atom. The quantitative estimate of drug-likeness (QED) is 0.552. The van der Waals surface area contributed by atoms with Crippen molar-refractivity contribution in [1.82, 2.24) is 0 Å². The van der Waals surface area contributed by atoms with Gasteiger partial charge in [0.15, 0.2) is 5.78 Å². The number of rotatable bonds is 3. The van der Waals surface area contributed by atoms with Crippen LogP contribution in [0.5, 0.6) is 0 Å². The fraction of sp³-hybridized carbons (Fsp3) is 0.600. The van der Waals surface area contributed by atoms with Crippen LogP contribution in [-0.4, -0.2) is 11.6 Å². The average molecular weight is 234 g/mol. The first kappa shape index (κ1) is 13.9. The standard InChI is InChI=1S/C15H22O2/c1-10(2)14-8-7-13(6-5-12(4)16)11(3)9-15(14)17/h7,11H,5-6,8-9H2,1-4H3/t11-/m1/s1. The van der Waals surface area contributed by atoms with E-state index in [1.165, 1.54) is 5.57 Å². The fourth-order valence-corrected chi connectivity index (χ4v) is 2.23. The van der Waals surface area contributed by atoms with Crippen molar-refractivity contribution in [3.8, 4) is 0 Å². The van der Waals surface area contributed by atoms with Crippen LogP contribution in [0.15, 0.2) is 22.8 Å². The van der Waals surface area contributed by atoms with Gasteiger partial charge in [0.1, 0.15) is 5.78 Å². The molecule has 0 bridgehead atoms. The van der Waals surface area contributed by atoms with Crippen molar-refractivity contribution >= 4 is 11.6 Å². The second-order valence-electron chi connectivity index (χ2n) is 5.19. The number of allylic oxidation sites excluding steroid dienone is 4. The Morgan fingerprint density at radius 1 is 1.35 bits per heavy atom. The van der Waals surface area contributed by atoms with Gasteiger partial charge < -0.3 is 4.79 Å². The van der Waals surface area contributed by atoms with Crippen molar-refractivity contribution in [3.63, 3.8) is 0 Å². The molecule has 0 aromatic carbocycles. The summed E-state index contributed by atoms with van der Waals surface area (Å²) in [5.41, 5.74) is 3.34. The van der Waals surface area contributed by atoms with Crippen molar-refractivity contribution in [2.75, 3.05) is 0 Å². The summed E-state index contributed by atoms with van der Waals surface area (Å²) in [6.45, 7) is 7.69. The van der Waals surface area contributed by atoms with Crippen molar-refractivity contribution < 1.29 is 9.59 Å². The van der Waals surface area contributed by atoms with Crippen LogP contribution in [0.2, 0.25) is 0 Å². The molecule has 0 N–H and O–H groups in total. The maximum absolute atomic E-state index is 12.0. The van der Waals surface area contributed by atoms with Gasteiger partial charge in [0, 0.05) is 12.8 Å². The monoisotopic (exact) mass is 234 g/mol. The van der Waals surface area contributed by atoms with Gasteiger partial charge in [0.25, 0.3) is 0 Å². The Kier molecular flexibility index (Phi) is 4.86. The molecule has 1 aliphatic rings. The second-order valence-corrected chi connectivity index (χ2v) is 5.19. The van der Waals surface area contributed by atoms with E-state index in [4.69, 9.17) is 0 Å². The molecule has 0 saturated carbocycles. The molecular formula is C15H22O2. The lowest BCUT2D eigenvalue weighted by atomic mass is 9.92. The van der Waals surface area contributed by atoms with Gasteiger partial charge in [0.2, 0.25) is 0 Å². The van der Waals surface area contributed by atoms with Crippen LogP contribution in [0.4, 0.5) is 0 Å². The second kappa shape index (κ2) is 5.95. The molecule has 1 atom stereocenters. The van der Waals surface area contributed by atoms with Gasteiger partial charge in [-0.1, -0.05) is 24.1 Å². The summed E-state index contributed by atoms with van der Waals surface area (Å²) in [6.07, 6.45) is 4.87. The number of carbonyl (C=O) groups excluding carboxylic acids is 2. The highest BCUT2D eigenvalue weighted by atomic mass is 16.1. The topological polar surface area (TPSA) is 34.1 Å². The molecule has 94 valence electrons. The van der Waals surface area contributed by atoms with Crippen molar-refractivity contribution in [3.05, 3.63) is 22.8 Å². The molecule has 0 unspecified atom stereocenters. The third-order valence-corrected chi connectivity index (χ3v) is 3.40. The zero-order chi connectivity index (χ0) is 13.0. The van der Waals surface area contributed by atoms with Crippen molar-refractivity contribution in [1.29, 1.82) is 0 Å². The van der Waals surface area contributed by atoms with Crippen LogP contribution in [-0.2, 0) is 9.59 Å². The highest BCUT2D eigenvalue weighted by Crippen LogP contribution is 2.28. The molecule has 0 amide bonds. The summed E-state index contributed by atoms with van der Waals surface area (Å²) in [6, 6.07) is 0. The lowest BCUT2D eigenvalue weighted by Gasteiger charge is -2.12. The summed E-state index contributed by atoms with van der Waals surface area (Å²) in [7, 11) is 0. The number of hydrogen-bond donors (Lipinski definition) is 0. The smallest absolute Gasteiger partial charge is 0.159 e. The number of carbonyl (C=O) groups is 2. The van der Waals surface area contributed by atoms with Crippen LogP contribution in [0.1, 0.15) is 53.4 Å². The van der Waals surface area contributed by atoms with Gasteiger partial charge in [-0.25, -0.2) is 0 Å². The number of ketones is 2. The van der Waals surface area contributed by atoms with Gasteiger partial charge in [0.05, 0.1) is 0 Å². The molecule has 2 nitrogen and oxygen atoms in total. The minimum atomic E-state index is 0.219. The summed E-state index contributed by atoms with van der Waals surface area (Å²) < 4.78 is 0. The maximum Gasteiger partial charge on any atom is 0.159 e. The van der Waals surface area contributed by atoms with E-state index in [-0.39, 0.29) is 17.5 Å². The first-order chi connectivity index (χ1) is 7.91. The summed E-state index contributed by atoms with van der Waals surface area (Å²) in [5, 5.41) is 0. The number of Topliss-reactive ketones (excluding diaryl/α,β-unsaturated/α-hetero) is 2. The highest BCUT2D eigenvalue weighted by molar-refractivity contribution is 5.97. The zero-order valence-electron chi connectivity index (χ0n) is 11.3. The van der Waals surface area contributed by atoms with E-state index < -0.39 is 0 Å². The predicted molar refractivity (Wildman–Crippen MR) is 69.8 cm³/mol. The van der Waals surface area contributed by atoms with E-state index in [1.807, 2.05) is 13.8 Å². The molecule has 17 heavy (non-hydrogen) atoms. The third kappa shape index (κ3) is 3.95. The Hall–Kier alpha value is -1.18. The Labute approximate surface area is 104 Å². The maximum atomic E-state index is 12.0. The molecule has 0 heterocycles. The molecule has 1 aliphatic carbocycles. The van der Waals surface area contributed by atoms with Crippen LogP contribution >= 0.6 is 0 Å². The molecule has 0 aromatic rings. The van der Waals surface area contributed by atoms with Gasteiger partial charge in [-0.2, -0.15) is 0 Å². The van der Waals surface area contributed by atoms with E-state index in [9.17, 15) is 9.59 Å². The Morgan fingerprint density at radius 3 is 2.53 bits per heavy atom. The molecule has 1 rings (SSSR count). The largest absolute Gasteiger partial charge is 0.300 e. The predicted octanol–water partition coefficient (Wildman–Crippen LogP) is 3.62. The Balaban J connectivity index is 2.83. The Bertz CT molecular complexity index is 382. The summed E-state index contributed by atoms with van der Waals surface area (Å²) in [5.74, 6) is 0.765. The average Bonchev–Trinajstić information content (AvgIpc) is 2.34. The molecule has 2 heteroatoms. The minimum Gasteiger partial charge on any atom is -0.300 e. The minimum absolute atomic E-state index is 0.219. The molecule has 0 radical (unpaired) electrons. The van der Waals surface area contributed by atoms with E-state index in [2.05, 4.69) is 13.0 Å². The zero-order valence-corrected chi connectivity index (χ0v) is 11.3. The van der Waals surface area contributed by atoms with E-state index in [0.717, 1.165) is 24.0 Å². The SMILES string of the molecule is CC(=O)CCC1=CCC(=C(C)C)C(=O)C[C@H]1C. The first-order valence-corrected chi connectivity index (χ1v) is 6.29. The van der Waals surface area contributed by atoms with Gasteiger partial charge in [-0.05, 0) is 45.1 Å². The van der Waals surface area contributed by atoms with E-state index >= 15 is 0 Å². The molecule has 0 aromatic heterocycles. The van der Waals surface area contributed by atoms with Gasteiger partial charge >= 0.3 is 0 Å². The normalized spacial score (nSPS) is 20.9. The molecule has 0 saturated heterocycles. The molecular weight excluding hydrogens is 212 g/mol. The number of hydrogen-bond acceptors (Lipinski definition) is 2. The van der Waals surface area contributed by atoms with Crippen molar-refractivity contribution in [2.45, 2.75) is 53.4 Å². The van der Waals surface area contributed by atoms with Crippen molar-refractivity contribution in [2.24, 2.45) is 5.92 Å². The first-order valence-electron chi connectivity index (χ1n) is 6.29. The molecule has 0 aliphatic heterocycles. The fourth-order valence-electron chi connectivity index (χ4n) is 2.23. The van der Waals surface area contributed by atoms with Crippen LogP contribution < -0.4 is 0 Å². The highest BCUT2D eigenvalue weighted by Gasteiger charge is 2.21. The van der Waals surface area contributed by atoms with E-state index in [1.54, 1.807) is 6.92 Å². The summed E-state index contributed by atoms with van der Waals surface area (Å²) >= 11 is 0. The molecule has 0 fully saturated rings. The lowest BCUT2D eigenvalue weighted by molar-refractivity contribution is -0.117. The molecule has 0 spiro atoms. The summed E-state index contributed by atoms with van der Waals surface area (Å²) in [4.78, 5) is 23.0. The van der Waals surface area contributed by atoms with Gasteiger partial charge in [-0.15, -0.1) is 0 Å². The van der Waals surface area contributed by atoms with Crippen LogP contribution in [0.25, 0.3) is 0 Å². The van der Waals surface area contributed by atoms with Crippen LogP contribution in [0.3, 0.4) is 0 Å². The van der Waals surface area contributed by atoms with Gasteiger partial charge in [-0.3, -0.25) is 4.79 Å². The third-order valence-electron chi connectivity index (χ3n) is 3.40.